The topological polar surface area (TPSA) is 20.2 Å². The lowest BCUT2D eigenvalue weighted by Crippen LogP contribution is -2.07. The maximum absolute atomic E-state index is 10.3. The number of aliphatic hydroxyl groups is 1. The Morgan fingerprint density at radius 2 is 1.94 bits per heavy atom. The second-order valence-corrected chi connectivity index (χ2v) is 7.81. The van der Waals surface area contributed by atoms with Crippen LogP contribution >= 0.6 is 11.3 Å². The summed E-state index contributed by atoms with van der Waals surface area (Å²) < 4.78 is 0. The molecule has 0 bridgehead atoms. The molecule has 1 nitrogen and oxygen atoms in total. The molecule has 0 amide bonds. The van der Waals surface area contributed by atoms with Crippen molar-refractivity contribution >= 4 is 11.3 Å². The molecule has 1 aliphatic rings. The number of thiophene rings is 1. The fourth-order valence-corrected chi connectivity index (χ4v) is 3.86. The molecule has 1 saturated carbocycles. The van der Waals surface area contributed by atoms with E-state index in [0.29, 0.717) is 0 Å². The van der Waals surface area contributed by atoms with E-state index in [4.69, 9.17) is 0 Å². The van der Waals surface area contributed by atoms with Gasteiger partial charge in [0.15, 0.2) is 0 Å². The molecular weight excluding hydrogens is 240 g/mol. The van der Waals surface area contributed by atoms with Gasteiger partial charge in [0, 0.05) is 9.75 Å². The van der Waals surface area contributed by atoms with Gasteiger partial charge in [-0.2, -0.15) is 0 Å². The Morgan fingerprint density at radius 3 is 2.50 bits per heavy atom. The lowest BCUT2D eigenvalue weighted by molar-refractivity contribution is 0.160. The lowest BCUT2D eigenvalue weighted by Gasteiger charge is -2.16. The highest BCUT2D eigenvalue weighted by molar-refractivity contribution is 7.12. The zero-order valence-corrected chi connectivity index (χ0v) is 12.7. The third kappa shape index (κ3) is 3.58. The second-order valence-electron chi connectivity index (χ2n) is 6.70. The molecule has 1 heterocycles. The van der Waals surface area contributed by atoms with E-state index in [0.717, 1.165) is 17.2 Å². The fraction of sp³-hybridized carbons (Fsp3) is 0.750. The van der Waals surface area contributed by atoms with Crippen molar-refractivity contribution in [3.05, 3.63) is 21.9 Å². The summed E-state index contributed by atoms with van der Waals surface area (Å²) >= 11 is 1.78. The zero-order valence-electron chi connectivity index (χ0n) is 11.9. The first kappa shape index (κ1) is 14.1. The van der Waals surface area contributed by atoms with Crippen LogP contribution in [0.15, 0.2) is 12.1 Å². The van der Waals surface area contributed by atoms with Gasteiger partial charge < -0.3 is 5.11 Å². The van der Waals surface area contributed by atoms with Crippen LogP contribution in [0.4, 0.5) is 0 Å². The maximum Gasteiger partial charge on any atom is 0.0882 e. The maximum atomic E-state index is 10.3. The Labute approximate surface area is 115 Å². The molecule has 18 heavy (non-hydrogen) atoms. The van der Waals surface area contributed by atoms with Crippen LogP contribution in [-0.2, 0) is 5.41 Å². The Kier molecular flexibility index (Phi) is 4.50. The van der Waals surface area contributed by atoms with Crippen LogP contribution in [0.3, 0.4) is 0 Å². The highest BCUT2D eigenvalue weighted by atomic mass is 32.1. The summed E-state index contributed by atoms with van der Waals surface area (Å²) in [6.07, 6.45) is 7.45. The molecule has 1 aliphatic carbocycles. The summed E-state index contributed by atoms with van der Waals surface area (Å²) in [4.78, 5) is 2.52. The Balaban J connectivity index is 1.88. The van der Waals surface area contributed by atoms with Gasteiger partial charge in [-0.1, -0.05) is 46.5 Å². The molecule has 0 saturated heterocycles. The Morgan fingerprint density at radius 1 is 1.28 bits per heavy atom. The van der Waals surface area contributed by atoms with E-state index in [2.05, 4.69) is 32.9 Å². The van der Waals surface area contributed by atoms with Crippen molar-refractivity contribution in [2.45, 2.75) is 70.8 Å². The number of hydrogen-bond donors (Lipinski definition) is 1. The molecule has 1 aromatic rings. The monoisotopic (exact) mass is 266 g/mol. The van der Waals surface area contributed by atoms with E-state index < -0.39 is 0 Å². The first-order chi connectivity index (χ1) is 8.47. The van der Waals surface area contributed by atoms with Crippen LogP contribution in [0.5, 0.6) is 0 Å². The van der Waals surface area contributed by atoms with Crippen LogP contribution < -0.4 is 0 Å². The van der Waals surface area contributed by atoms with E-state index in [-0.39, 0.29) is 11.5 Å². The van der Waals surface area contributed by atoms with Gasteiger partial charge in [-0.25, -0.2) is 0 Å². The van der Waals surface area contributed by atoms with E-state index >= 15 is 0 Å². The first-order valence-corrected chi connectivity index (χ1v) is 8.07. The van der Waals surface area contributed by atoms with Gasteiger partial charge in [0.2, 0.25) is 0 Å². The predicted molar refractivity (Wildman–Crippen MR) is 79.2 cm³/mol. The van der Waals surface area contributed by atoms with E-state index in [1.807, 2.05) is 0 Å². The van der Waals surface area contributed by atoms with E-state index in [9.17, 15) is 5.11 Å². The molecule has 0 spiro atoms. The molecule has 0 aromatic carbocycles. The van der Waals surface area contributed by atoms with Gasteiger partial charge in [0.05, 0.1) is 6.10 Å². The van der Waals surface area contributed by atoms with Crippen molar-refractivity contribution in [1.82, 2.24) is 0 Å². The van der Waals surface area contributed by atoms with Gasteiger partial charge in [-0.05, 0) is 36.3 Å². The molecule has 1 aromatic heterocycles. The normalized spacial score (nSPS) is 19.3. The van der Waals surface area contributed by atoms with Crippen molar-refractivity contribution in [1.29, 1.82) is 0 Å². The smallest absolute Gasteiger partial charge is 0.0882 e. The molecular formula is C16H26OS. The van der Waals surface area contributed by atoms with Gasteiger partial charge in [0.1, 0.15) is 0 Å². The molecule has 1 N–H and O–H groups in total. The fourth-order valence-electron chi connectivity index (χ4n) is 2.77. The largest absolute Gasteiger partial charge is 0.388 e. The van der Waals surface area contributed by atoms with Crippen LogP contribution in [0.2, 0.25) is 0 Å². The molecule has 102 valence electrons. The molecule has 0 aliphatic heterocycles. The van der Waals surface area contributed by atoms with Crippen LogP contribution in [0, 0.1) is 5.92 Å². The summed E-state index contributed by atoms with van der Waals surface area (Å²) in [6, 6.07) is 4.29. The van der Waals surface area contributed by atoms with Crippen LogP contribution in [0.1, 0.15) is 75.2 Å². The molecule has 1 fully saturated rings. The third-order valence-corrected chi connectivity index (χ3v) is 5.63. The average molecular weight is 266 g/mol. The van der Waals surface area contributed by atoms with Crippen LogP contribution in [0.25, 0.3) is 0 Å². The number of aliphatic hydroxyl groups excluding tert-OH is 1. The summed E-state index contributed by atoms with van der Waals surface area (Å²) in [5, 5.41) is 10.3. The van der Waals surface area contributed by atoms with Gasteiger partial charge in [-0.15, -0.1) is 11.3 Å². The van der Waals surface area contributed by atoms with Crippen molar-refractivity contribution in [3.63, 3.8) is 0 Å². The van der Waals surface area contributed by atoms with Crippen molar-refractivity contribution < 1.29 is 5.11 Å². The highest BCUT2D eigenvalue weighted by Gasteiger charge is 2.20. The van der Waals surface area contributed by atoms with E-state index in [1.54, 1.807) is 11.3 Å². The van der Waals surface area contributed by atoms with Crippen molar-refractivity contribution in [2.75, 3.05) is 0 Å². The number of hydrogen-bond acceptors (Lipinski definition) is 2. The summed E-state index contributed by atoms with van der Waals surface area (Å²) in [6.45, 7) is 6.69. The van der Waals surface area contributed by atoms with Crippen molar-refractivity contribution in [2.24, 2.45) is 5.92 Å². The Hall–Kier alpha value is -0.340. The summed E-state index contributed by atoms with van der Waals surface area (Å²) in [7, 11) is 0. The SMILES string of the molecule is CC(C)(C)c1ccc(C(O)CCC2CCCC2)s1. The molecule has 2 rings (SSSR count). The third-order valence-electron chi connectivity index (χ3n) is 4.02. The van der Waals surface area contributed by atoms with Crippen molar-refractivity contribution in [3.8, 4) is 0 Å². The number of rotatable bonds is 4. The van der Waals surface area contributed by atoms with Crippen LogP contribution in [-0.4, -0.2) is 5.11 Å². The minimum Gasteiger partial charge on any atom is -0.388 e. The van der Waals surface area contributed by atoms with E-state index in [1.165, 1.54) is 37.0 Å². The quantitative estimate of drug-likeness (QED) is 0.808. The summed E-state index contributed by atoms with van der Waals surface area (Å²) in [5.74, 6) is 0.877. The average Bonchev–Trinajstić information content (AvgIpc) is 2.96. The molecule has 1 unspecified atom stereocenters. The zero-order chi connectivity index (χ0) is 13.2. The lowest BCUT2D eigenvalue weighted by atomic mass is 9.95. The minimum atomic E-state index is -0.244. The van der Waals surface area contributed by atoms with Gasteiger partial charge in [-0.3, -0.25) is 0 Å². The molecule has 1 atom stereocenters. The molecule has 0 radical (unpaired) electrons. The minimum absolute atomic E-state index is 0.202. The first-order valence-electron chi connectivity index (χ1n) is 7.25. The predicted octanol–water partition coefficient (Wildman–Crippen LogP) is 5.05. The second kappa shape index (κ2) is 5.75. The van der Waals surface area contributed by atoms with Gasteiger partial charge >= 0.3 is 0 Å². The standard InChI is InChI=1S/C16H26OS/c1-16(2,3)15-11-10-14(18-15)13(17)9-8-12-6-4-5-7-12/h10-13,17H,4-9H2,1-3H3. The highest BCUT2D eigenvalue weighted by Crippen LogP contribution is 2.36. The molecule has 2 heteroatoms. The Bertz CT molecular complexity index is 369. The summed E-state index contributed by atoms with van der Waals surface area (Å²) in [5.41, 5.74) is 0.202. The van der Waals surface area contributed by atoms with Gasteiger partial charge in [0.25, 0.3) is 0 Å².